The van der Waals surface area contributed by atoms with Gasteiger partial charge in [0.2, 0.25) is 0 Å². The van der Waals surface area contributed by atoms with Crippen molar-refractivity contribution in [1.82, 2.24) is 0 Å². The molecule has 0 spiro atoms. The van der Waals surface area contributed by atoms with E-state index in [-0.39, 0.29) is 11.6 Å². The van der Waals surface area contributed by atoms with Gasteiger partial charge < -0.3 is 0 Å². The molecule has 1 saturated carbocycles. The molecule has 0 saturated heterocycles. The zero-order valence-electron chi connectivity index (χ0n) is 12.0. The van der Waals surface area contributed by atoms with Gasteiger partial charge in [0, 0.05) is 12.8 Å². The van der Waals surface area contributed by atoms with E-state index in [1.165, 1.54) is 0 Å². The van der Waals surface area contributed by atoms with Gasteiger partial charge in [-0.05, 0) is 47.0 Å². The summed E-state index contributed by atoms with van der Waals surface area (Å²) in [4.78, 5) is 24.5. The standard InChI is InChI=1S/C16H24O2/c1-12(2)8-10-16(11-9-13(3)4)14(17)6-5-7-15(16)18/h8-9H,5-7,10-11H2,1-4H3. The van der Waals surface area contributed by atoms with E-state index < -0.39 is 5.41 Å². The Morgan fingerprint density at radius 3 is 1.67 bits per heavy atom. The van der Waals surface area contributed by atoms with Crippen LogP contribution in [0.1, 0.15) is 59.8 Å². The van der Waals surface area contributed by atoms with Crippen LogP contribution in [0.15, 0.2) is 23.3 Å². The van der Waals surface area contributed by atoms with Crippen LogP contribution in [0.25, 0.3) is 0 Å². The van der Waals surface area contributed by atoms with Gasteiger partial charge in [0.1, 0.15) is 11.6 Å². The third-order valence-corrected chi connectivity index (χ3v) is 3.59. The highest BCUT2D eigenvalue weighted by molar-refractivity contribution is 6.09. The average molecular weight is 248 g/mol. The first-order chi connectivity index (χ1) is 8.38. The molecule has 2 heteroatoms. The lowest BCUT2D eigenvalue weighted by atomic mass is 9.67. The first-order valence-electron chi connectivity index (χ1n) is 6.72. The van der Waals surface area contributed by atoms with Crippen LogP contribution < -0.4 is 0 Å². The second-order valence-corrected chi connectivity index (χ2v) is 5.75. The fourth-order valence-corrected chi connectivity index (χ4v) is 2.34. The Hall–Kier alpha value is -1.18. The predicted molar refractivity (Wildman–Crippen MR) is 74.4 cm³/mol. The van der Waals surface area contributed by atoms with Crippen LogP contribution in [0.4, 0.5) is 0 Å². The monoisotopic (exact) mass is 248 g/mol. The lowest BCUT2D eigenvalue weighted by Crippen LogP contribution is -2.42. The summed E-state index contributed by atoms with van der Waals surface area (Å²) in [5.74, 6) is 0.266. The summed E-state index contributed by atoms with van der Waals surface area (Å²) in [7, 11) is 0. The summed E-state index contributed by atoms with van der Waals surface area (Å²) in [5, 5.41) is 0. The number of hydrogen-bond acceptors (Lipinski definition) is 2. The Labute approximate surface area is 110 Å². The second kappa shape index (κ2) is 6.12. The molecular weight excluding hydrogens is 224 g/mol. The zero-order valence-corrected chi connectivity index (χ0v) is 12.0. The summed E-state index contributed by atoms with van der Waals surface area (Å²) in [6, 6.07) is 0. The molecule has 0 N–H and O–H groups in total. The highest BCUT2D eigenvalue weighted by atomic mass is 16.2. The van der Waals surface area contributed by atoms with Crippen LogP contribution in [-0.2, 0) is 9.59 Å². The maximum absolute atomic E-state index is 12.3. The summed E-state index contributed by atoms with van der Waals surface area (Å²) < 4.78 is 0. The van der Waals surface area contributed by atoms with Gasteiger partial charge >= 0.3 is 0 Å². The molecule has 1 aliphatic carbocycles. The number of ketones is 2. The van der Waals surface area contributed by atoms with Crippen molar-refractivity contribution in [1.29, 1.82) is 0 Å². The molecule has 0 unspecified atom stereocenters. The third kappa shape index (κ3) is 3.41. The van der Waals surface area contributed by atoms with Gasteiger partial charge in [-0.2, -0.15) is 0 Å². The molecule has 2 nitrogen and oxygen atoms in total. The fraction of sp³-hybridized carbons (Fsp3) is 0.625. The van der Waals surface area contributed by atoms with Crippen LogP contribution in [0.3, 0.4) is 0 Å². The van der Waals surface area contributed by atoms with Gasteiger partial charge in [-0.1, -0.05) is 23.3 Å². The lowest BCUT2D eigenvalue weighted by Gasteiger charge is -2.33. The van der Waals surface area contributed by atoms with E-state index in [1.54, 1.807) is 0 Å². The Kier molecular flexibility index (Phi) is 5.06. The predicted octanol–water partition coefficient (Wildman–Crippen LogP) is 4.01. The van der Waals surface area contributed by atoms with Crippen LogP contribution in [0.5, 0.6) is 0 Å². The fourth-order valence-electron chi connectivity index (χ4n) is 2.34. The maximum Gasteiger partial charge on any atom is 0.147 e. The summed E-state index contributed by atoms with van der Waals surface area (Å²) in [5.41, 5.74) is 1.56. The van der Waals surface area contributed by atoms with Crippen LogP contribution in [0, 0.1) is 5.41 Å². The first-order valence-corrected chi connectivity index (χ1v) is 6.72. The van der Waals surface area contributed by atoms with Crippen molar-refractivity contribution in [3.63, 3.8) is 0 Å². The number of carbonyl (C=O) groups is 2. The highest BCUT2D eigenvalue weighted by Crippen LogP contribution is 2.38. The summed E-state index contributed by atoms with van der Waals surface area (Å²) >= 11 is 0. The molecule has 100 valence electrons. The Balaban J connectivity index is 3.05. The third-order valence-electron chi connectivity index (χ3n) is 3.59. The molecule has 0 aromatic rings. The minimum atomic E-state index is -0.771. The van der Waals surface area contributed by atoms with Crippen LogP contribution in [0.2, 0.25) is 0 Å². The van der Waals surface area contributed by atoms with E-state index in [9.17, 15) is 9.59 Å². The molecule has 0 heterocycles. The molecule has 0 bridgehead atoms. The van der Waals surface area contributed by atoms with E-state index in [1.807, 2.05) is 39.8 Å². The van der Waals surface area contributed by atoms with Gasteiger partial charge in [0.05, 0.1) is 5.41 Å². The normalized spacial score (nSPS) is 18.4. The van der Waals surface area contributed by atoms with E-state index in [0.717, 1.165) is 17.6 Å². The van der Waals surface area contributed by atoms with Gasteiger partial charge in [-0.25, -0.2) is 0 Å². The molecule has 0 aliphatic heterocycles. The topological polar surface area (TPSA) is 34.1 Å². The largest absolute Gasteiger partial charge is 0.299 e. The van der Waals surface area contributed by atoms with Gasteiger partial charge in [-0.15, -0.1) is 0 Å². The van der Waals surface area contributed by atoms with Crippen molar-refractivity contribution >= 4 is 11.6 Å². The summed E-state index contributed by atoms with van der Waals surface area (Å²) in [6.07, 6.45) is 7.02. The maximum atomic E-state index is 12.3. The molecule has 0 radical (unpaired) electrons. The first kappa shape index (κ1) is 14.9. The van der Waals surface area contributed by atoms with E-state index in [2.05, 4.69) is 0 Å². The molecule has 18 heavy (non-hydrogen) atoms. The van der Waals surface area contributed by atoms with Crippen molar-refractivity contribution in [2.24, 2.45) is 5.41 Å². The molecular formula is C16H24O2. The molecule has 1 rings (SSSR count). The molecule has 0 aromatic carbocycles. The van der Waals surface area contributed by atoms with E-state index >= 15 is 0 Å². The van der Waals surface area contributed by atoms with Crippen LogP contribution >= 0.6 is 0 Å². The molecule has 0 aromatic heterocycles. The summed E-state index contributed by atoms with van der Waals surface area (Å²) in [6.45, 7) is 8.03. The van der Waals surface area contributed by atoms with Crippen molar-refractivity contribution in [2.45, 2.75) is 59.8 Å². The van der Waals surface area contributed by atoms with Crippen molar-refractivity contribution in [2.75, 3.05) is 0 Å². The Morgan fingerprint density at radius 2 is 1.33 bits per heavy atom. The number of carbonyl (C=O) groups excluding carboxylic acids is 2. The van der Waals surface area contributed by atoms with Gasteiger partial charge in [0.15, 0.2) is 0 Å². The van der Waals surface area contributed by atoms with Crippen LogP contribution in [-0.4, -0.2) is 11.6 Å². The molecule has 1 fully saturated rings. The van der Waals surface area contributed by atoms with E-state index in [0.29, 0.717) is 25.7 Å². The minimum Gasteiger partial charge on any atom is -0.299 e. The molecule has 0 amide bonds. The smallest absolute Gasteiger partial charge is 0.147 e. The molecule has 0 atom stereocenters. The Bertz CT molecular complexity index is 353. The second-order valence-electron chi connectivity index (χ2n) is 5.75. The number of Topliss-reactive ketones (excluding diaryl/α,β-unsaturated/α-hetero) is 2. The molecule has 1 aliphatic rings. The van der Waals surface area contributed by atoms with E-state index in [4.69, 9.17) is 0 Å². The highest BCUT2D eigenvalue weighted by Gasteiger charge is 2.44. The number of hydrogen-bond donors (Lipinski definition) is 0. The Morgan fingerprint density at radius 1 is 0.944 bits per heavy atom. The average Bonchev–Trinajstić information content (AvgIpc) is 2.27. The van der Waals surface area contributed by atoms with Gasteiger partial charge in [0.25, 0.3) is 0 Å². The van der Waals surface area contributed by atoms with Crippen molar-refractivity contribution in [3.05, 3.63) is 23.3 Å². The number of allylic oxidation sites excluding steroid dienone is 4. The quantitative estimate of drug-likeness (QED) is 0.556. The van der Waals surface area contributed by atoms with Crippen molar-refractivity contribution in [3.8, 4) is 0 Å². The van der Waals surface area contributed by atoms with Gasteiger partial charge in [-0.3, -0.25) is 9.59 Å². The van der Waals surface area contributed by atoms with Crippen molar-refractivity contribution < 1.29 is 9.59 Å². The SMILES string of the molecule is CC(C)=CCC1(CC=C(C)C)C(=O)CCCC1=O. The zero-order chi connectivity index (χ0) is 13.8. The lowest BCUT2D eigenvalue weighted by molar-refractivity contribution is -0.143. The minimum absolute atomic E-state index is 0.133. The number of rotatable bonds is 4.